The number of nitrogens with two attached hydrogens (primary N) is 1. The lowest BCUT2D eigenvalue weighted by Crippen LogP contribution is -2.55. The summed E-state index contributed by atoms with van der Waals surface area (Å²) in [5, 5.41) is 19.1. The van der Waals surface area contributed by atoms with Crippen molar-refractivity contribution in [3.63, 3.8) is 0 Å². The van der Waals surface area contributed by atoms with Gasteiger partial charge in [-0.05, 0) is 24.3 Å². The topological polar surface area (TPSA) is 76.6 Å². The van der Waals surface area contributed by atoms with Crippen LogP contribution in [0.15, 0.2) is 30.3 Å². The molecule has 2 fully saturated rings. The summed E-state index contributed by atoms with van der Waals surface area (Å²) in [5.41, 5.74) is 5.85. The minimum absolute atomic E-state index is 0.152. The van der Waals surface area contributed by atoms with Gasteiger partial charge in [-0.25, -0.2) is 0 Å². The second kappa shape index (κ2) is 6.89. The summed E-state index contributed by atoms with van der Waals surface area (Å²) in [6.07, 6.45) is 4.66. The lowest BCUT2D eigenvalue weighted by Gasteiger charge is -2.42. The molecule has 1 aromatic rings. The van der Waals surface area contributed by atoms with E-state index < -0.39 is 5.60 Å². The Morgan fingerprint density at radius 3 is 2.30 bits per heavy atom. The van der Waals surface area contributed by atoms with Gasteiger partial charge in [0.15, 0.2) is 5.96 Å². The van der Waals surface area contributed by atoms with Crippen molar-refractivity contribution in [2.24, 2.45) is 11.7 Å². The molecule has 5 heteroatoms. The van der Waals surface area contributed by atoms with Crippen LogP contribution in [-0.4, -0.2) is 53.6 Å². The Kier molecular flexibility index (Phi) is 4.87. The highest BCUT2D eigenvalue weighted by Crippen LogP contribution is 2.41. The molecule has 0 spiro atoms. The highest BCUT2D eigenvalue weighted by Gasteiger charge is 2.41. The van der Waals surface area contributed by atoms with Crippen LogP contribution in [0.1, 0.15) is 31.2 Å². The van der Waals surface area contributed by atoms with Crippen LogP contribution >= 0.6 is 0 Å². The number of β-amino-alcohol motifs (C(OH)–C–C–N with tert-alkyl or cyclic N) is 1. The van der Waals surface area contributed by atoms with Crippen molar-refractivity contribution in [1.82, 2.24) is 9.80 Å². The van der Waals surface area contributed by atoms with Gasteiger partial charge in [0.05, 0.1) is 0 Å². The summed E-state index contributed by atoms with van der Waals surface area (Å²) >= 11 is 0. The van der Waals surface area contributed by atoms with Gasteiger partial charge in [-0.15, -0.1) is 0 Å². The number of guanidine groups is 1. The smallest absolute Gasteiger partial charge is 0.188 e. The Morgan fingerprint density at radius 2 is 1.74 bits per heavy atom. The zero-order chi connectivity index (χ0) is 16.3. The number of nitrogens with one attached hydrogen (secondary N) is 1. The van der Waals surface area contributed by atoms with E-state index in [2.05, 4.69) is 17.0 Å². The molecule has 1 atom stereocenters. The summed E-state index contributed by atoms with van der Waals surface area (Å²) in [6, 6.07) is 10.2. The molecule has 1 unspecified atom stereocenters. The number of piperazine rings is 1. The molecule has 1 aromatic carbocycles. The van der Waals surface area contributed by atoms with Crippen LogP contribution < -0.4 is 5.73 Å². The maximum absolute atomic E-state index is 11.6. The van der Waals surface area contributed by atoms with Crippen LogP contribution in [0.4, 0.5) is 0 Å². The lowest BCUT2D eigenvalue weighted by atomic mass is 9.79. The van der Waals surface area contributed by atoms with Crippen molar-refractivity contribution in [3.05, 3.63) is 35.9 Å². The van der Waals surface area contributed by atoms with Crippen molar-refractivity contribution in [3.8, 4) is 0 Å². The zero-order valence-corrected chi connectivity index (χ0v) is 13.7. The third-order valence-electron chi connectivity index (χ3n) is 5.48. The van der Waals surface area contributed by atoms with E-state index >= 15 is 0 Å². The molecule has 5 nitrogen and oxygen atoms in total. The van der Waals surface area contributed by atoms with Crippen LogP contribution in [-0.2, 0) is 5.60 Å². The van der Waals surface area contributed by atoms with Gasteiger partial charge in [0, 0.05) is 32.7 Å². The van der Waals surface area contributed by atoms with E-state index in [1.807, 2.05) is 23.1 Å². The average molecular weight is 316 g/mol. The molecule has 126 valence electrons. The maximum atomic E-state index is 11.6. The van der Waals surface area contributed by atoms with Crippen LogP contribution in [0.5, 0.6) is 0 Å². The fourth-order valence-corrected chi connectivity index (χ4v) is 4.07. The van der Waals surface area contributed by atoms with Crippen molar-refractivity contribution >= 4 is 5.96 Å². The molecule has 3 rings (SSSR count). The molecular weight excluding hydrogens is 288 g/mol. The minimum Gasteiger partial charge on any atom is -0.384 e. The summed E-state index contributed by atoms with van der Waals surface area (Å²) in [7, 11) is 0. The molecule has 1 saturated carbocycles. The van der Waals surface area contributed by atoms with E-state index in [-0.39, 0.29) is 5.96 Å². The molecule has 1 saturated heterocycles. The number of nitrogens with zero attached hydrogens (tertiary/aromatic N) is 2. The lowest BCUT2D eigenvalue weighted by molar-refractivity contribution is -0.0553. The van der Waals surface area contributed by atoms with E-state index in [4.69, 9.17) is 11.1 Å². The number of aliphatic hydroxyl groups is 1. The van der Waals surface area contributed by atoms with Crippen molar-refractivity contribution in [2.45, 2.75) is 31.3 Å². The number of hydrogen-bond acceptors (Lipinski definition) is 3. The monoisotopic (exact) mass is 316 g/mol. The predicted molar refractivity (Wildman–Crippen MR) is 92.2 cm³/mol. The molecule has 2 aliphatic rings. The molecule has 1 aliphatic heterocycles. The number of hydrogen-bond donors (Lipinski definition) is 3. The number of rotatable bonds is 4. The van der Waals surface area contributed by atoms with E-state index in [0.717, 1.165) is 44.6 Å². The molecule has 23 heavy (non-hydrogen) atoms. The van der Waals surface area contributed by atoms with Crippen molar-refractivity contribution in [2.75, 3.05) is 32.7 Å². The molecule has 4 N–H and O–H groups in total. The Balaban J connectivity index is 1.73. The minimum atomic E-state index is -0.768. The predicted octanol–water partition coefficient (Wildman–Crippen LogP) is 1.58. The SMILES string of the molecule is N=C(N)N1CCN(CC(O)(c2ccccc2)C2CCCC2)CC1. The van der Waals surface area contributed by atoms with Crippen molar-refractivity contribution < 1.29 is 5.11 Å². The normalized spacial score (nSPS) is 22.9. The van der Waals surface area contributed by atoms with Crippen LogP contribution in [0, 0.1) is 11.3 Å². The molecule has 1 aliphatic carbocycles. The Hall–Kier alpha value is -1.59. The van der Waals surface area contributed by atoms with E-state index in [9.17, 15) is 5.11 Å². The van der Waals surface area contributed by atoms with Gasteiger partial charge in [-0.2, -0.15) is 0 Å². The van der Waals surface area contributed by atoms with Crippen LogP contribution in [0.25, 0.3) is 0 Å². The highest BCUT2D eigenvalue weighted by molar-refractivity contribution is 5.74. The fourth-order valence-electron chi connectivity index (χ4n) is 4.07. The van der Waals surface area contributed by atoms with E-state index in [0.29, 0.717) is 12.5 Å². The summed E-state index contributed by atoms with van der Waals surface area (Å²) < 4.78 is 0. The van der Waals surface area contributed by atoms with Gasteiger partial charge < -0.3 is 15.7 Å². The van der Waals surface area contributed by atoms with Gasteiger partial charge in [0.25, 0.3) is 0 Å². The second-order valence-corrected chi connectivity index (χ2v) is 6.92. The molecule has 0 amide bonds. The first-order chi connectivity index (χ1) is 11.1. The van der Waals surface area contributed by atoms with Gasteiger partial charge in [-0.1, -0.05) is 43.2 Å². The van der Waals surface area contributed by atoms with Gasteiger partial charge >= 0.3 is 0 Å². The quantitative estimate of drug-likeness (QED) is 0.582. The van der Waals surface area contributed by atoms with Crippen LogP contribution in [0.2, 0.25) is 0 Å². The first-order valence-corrected chi connectivity index (χ1v) is 8.69. The van der Waals surface area contributed by atoms with Crippen molar-refractivity contribution in [1.29, 1.82) is 5.41 Å². The molecule has 0 aromatic heterocycles. The second-order valence-electron chi connectivity index (χ2n) is 6.92. The summed E-state index contributed by atoms with van der Waals surface area (Å²) in [5.74, 6) is 0.495. The molecule has 0 bridgehead atoms. The van der Waals surface area contributed by atoms with E-state index in [1.165, 1.54) is 12.8 Å². The molecule has 1 heterocycles. The highest BCUT2D eigenvalue weighted by atomic mass is 16.3. The van der Waals surface area contributed by atoms with Gasteiger partial charge in [-0.3, -0.25) is 10.3 Å². The first-order valence-electron chi connectivity index (χ1n) is 8.69. The Morgan fingerprint density at radius 1 is 1.13 bits per heavy atom. The Labute approximate surface area is 138 Å². The first kappa shape index (κ1) is 16.3. The zero-order valence-electron chi connectivity index (χ0n) is 13.7. The summed E-state index contributed by atoms with van der Waals surface area (Å²) in [6.45, 7) is 3.91. The van der Waals surface area contributed by atoms with Crippen LogP contribution in [0.3, 0.4) is 0 Å². The standard InChI is InChI=1S/C18H28N4O/c19-17(20)22-12-10-21(11-13-22)14-18(23,16-8-4-5-9-16)15-6-2-1-3-7-15/h1-3,6-7,16,23H,4-5,8-14H2,(H3,19,20). The Bertz CT molecular complexity index is 521. The third kappa shape index (κ3) is 3.51. The van der Waals surface area contributed by atoms with Gasteiger partial charge in [0.2, 0.25) is 0 Å². The largest absolute Gasteiger partial charge is 0.384 e. The third-order valence-corrected chi connectivity index (χ3v) is 5.48. The maximum Gasteiger partial charge on any atom is 0.188 e. The fraction of sp³-hybridized carbons (Fsp3) is 0.611. The van der Waals surface area contributed by atoms with E-state index in [1.54, 1.807) is 0 Å². The summed E-state index contributed by atoms with van der Waals surface area (Å²) in [4.78, 5) is 4.22. The average Bonchev–Trinajstić information content (AvgIpc) is 3.11. The molecule has 0 radical (unpaired) electrons. The molecular formula is C18H28N4O. The number of benzene rings is 1. The van der Waals surface area contributed by atoms with Gasteiger partial charge in [0.1, 0.15) is 5.60 Å².